The average Bonchev–Trinajstić information content (AvgIpc) is 3.10. The Bertz CT molecular complexity index is 300. The van der Waals surface area contributed by atoms with Gasteiger partial charge in [0.05, 0.1) is 12.2 Å². The average molecular weight is 254 g/mol. The Balaban J connectivity index is 1.91. The molecule has 0 radical (unpaired) electrons. The van der Waals surface area contributed by atoms with Crippen LogP contribution in [-0.4, -0.2) is 35.8 Å². The summed E-state index contributed by atoms with van der Waals surface area (Å²) >= 11 is 1.92. The SMILES string of the molecule is CCNC(C#N)(CSC1CCOC1C)C1CC1. The number of hydrogen-bond donors (Lipinski definition) is 1. The van der Waals surface area contributed by atoms with E-state index in [4.69, 9.17) is 4.74 Å². The van der Waals surface area contributed by atoms with Gasteiger partial charge in [0.2, 0.25) is 0 Å². The minimum absolute atomic E-state index is 0.290. The van der Waals surface area contributed by atoms with Gasteiger partial charge in [0.25, 0.3) is 0 Å². The van der Waals surface area contributed by atoms with Gasteiger partial charge in [-0.25, -0.2) is 0 Å². The summed E-state index contributed by atoms with van der Waals surface area (Å²) in [5, 5.41) is 13.5. The van der Waals surface area contributed by atoms with E-state index >= 15 is 0 Å². The Morgan fingerprint density at radius 1 is 1.47 bits per heavy atom. The van der Waals surface area contributed by atoms with E-state index in [1.54, 1.807) is 0 Å². The van der Waals surface area contributed by atoms with E-state index < -0.39 is 0 Å². The molecule has 0 amide bonds. The molecule has 0 aromatic heterocycles. The zero-order chi connectivity index (χ0) is 12.3. The molecule has 0 aromatic carbocycles. The monoisotopic (exact) mass is 254 g/mol. The summed E-state index contributed by atoms with van der Waals surface area (Å²) in [7, 11) is 0. The van der Waals surface area contributed by atoms with E-state index in [1.807, 2.05) is 11.8 Å². The first-order valence-corrected chi connectivity index (χ1v) is 7.66. The molecule has 1 heterocycles. The molecule has 0 spiro atoms. The van der Waals surface area contributed by atoms with Crippen LogP contribution in [0.25, 0.3) is 0 Å². The van der Waals surface area contributed by atoms with Crippen molar-refractivity contribution in [1.82, 2.24) is 5.32 Å². The number of nitrogens with zero attached hydrogens (tertiary/aromatic N) is 1. The van der Waals surface area contributed by atoms with Crippen molar-refractivity contribution in [3.8, 4) is 6.07 Å². The normalized spacial score (nSPS) is 32.1. The highest BCUT2D eigenvalue weighted by Crippen LogP contribution is 2.42. The van der Waals surface area contributed by atoms with Gasteiger partial charge in [-0.15, -0.1) is 0 Å². The quantitative estimate of drug-likeness (QED) is 0.789. The highest BCUT2D eigenvalue weighted by molar-refractivity contribution is 8.00. The maximum absolute atomic E-state index is 9.50. The lowest BCUT2D eigenvalue weighted by Crippen LogP contribution is -2.48. The summed E-state index contributed by atoms with van der Waals surface area (Å²) < 4.78 is 5.58. The molecule has 1 saturated carbocycles. The second-order valence-corrected chi connectivity index (χ2v) is 6.33. The van der Waals surface area contributed by atoms with Gasteiger partial charge < -0.3 is 4.74 Å². The van der Waals surface area contributed by atoms with Crippen LogP contribution < -0.4 is 5.32 Å². The zero-order valence-corrected chi connectivity index (χ0v) is 11.6. The first kappa shape index (κ1) is 13.2. The van der Waals surface area contributed by atoms with E-state index in [2.05, 4.69) is 25.2 Å². The van der Waals surface area contributed by atoms with Crippen LogP contribution in [0.5, 0.6) is 0 Å². The highest BCUT2D eigenvalue weighted by atomic mass is 32.2. The molecule has 1 N–H and O–H groups in total. The lowest BCUT2D eigenvalue weighted by Gasteiger charge is -2.29. The van der Waals surface area contributed by atoms with Crippen LogP contribution in [-0.2, 0) is 4.74 Å². The van der Waals surface area contributed by atoms with E-state index in [-0.39, 0.29) is 5.54 Å². The third-order valence-corrected chi connectivity index (χ3v) is 5.47. The third-order valence-electron chi connectivity index (χ3n) is 3.80. The van der Waals surface area contributed by atoms with Crippen molar-refractivity contribution in [1.29, 1.82) is 5.26 Å². The summed E-state index contributed by atoms with van der Waals surface area (Å²) in [6.07, 6.45) is 3.89. The standard InChI is InChI=1S/C13H22N2OS/c1-3-15-13(8-14,11-4-5-11)9-17-12-6-7-16-10(12)2/h10-12,15H,3-7,9H2,1-2H3. The number of nitrogens with one attached hydrogen (secondary N) is 1. The summed E-state index contributed by atoms with van der Waals surface area (Å²) in [5.41, 5.74) is -0.290. The van der Waals surface area contributed by atoms with Gasteiger partial charge in [-0.05, 0) is 38.6 Å². The molecule has 3 unspecified atom stereocenters. The number of hydrogen-bond acceptors (Lipinski definition) is 4. The lowest BCUT2D eigenvalue weighted by molar-refractivity contribution is 0.127. The van der Waals surface area contributed by atoms with Gasteiger partial charge in [0.1, 0.15) is 5.54 Å². The van der Waals surface area contributed by atoms with Crippen LogP contribution in [0.1, 0.15) is 33.1 Å². The van der Waals surface area contributed by atoms with Crippen LogP contribution in [0, 0.1) is 17.2 Å². The molecule has 2 aliphatic rings. The van der Waals surface area contributed by atoms with Crippen molar-refractivity contribution in [2.24, 2.45) is 5.92 Å². The third kappa shape index (κ3) is 2.96. The van der Waals surface area contributed by atoms with Crippen LogP contribution in [0.4, 0.5) is 0 Å². The fourth-order valence-corrected chi connectivity index (χ4v) is 4.03. The lowest BCUT2D eigenvalue weighted by atomic mass is 9.98. The summed E-state index contributed by atoms with van der Waals surface area (Å²) in [5.74, 6) is 1.47. The van der Waals surface area contributed by atoms with Crippen LogP contribution in [0.15, 0.2) is 0 Å². The minimum atomic E-state index is -0.290. The van der Waals surface area contributed by atoms with E-state index in [0.717, 1.165) is 25.3 Å². The van der Waals surface area contributed by atoms with Gasteiger partial charge in [0, 0.05) is 17.6 Å². The first-order chi connectivity index (χ1) is 8.22. The van der Waals surface area contributed by atoms with Crippen molar-refractivity contribution in [3.63, 3.8) is 0 Å². The molecular formula is C13H22N2OS. The molecular weight excluding hydrogens is 232 g/mol. The molecule has 0 bridgehead atoms. The van der Waals surface area contributed by atoms with Crippen LogP contribution >= 0.6 is 11.8 Å². The van der Waals surface area contributed by atoms with Gasteiger partial charge >= 0.3 is 0 Å². The molecule has 1 aliphatic heterocycles. The molecule has 1 saturated heterocycles. The van der Waals surface area contributed by atoms with Gasteiger partial charge in [-0.3, -0.25) is 5.32 Å². The van der Waals surface area contributed by atoms with Crippen molar-refractivity contribution in [2.45, 2.75) is 50.0 Å². The molecule has 3 nitrogen and oxygen atoms in total. The van der Waals surface area contributed by atoms with E-state index in [1.165, 1.54) is 12.8 Å². The topological polar surface area (TPSA) is 45.0 Å². The molecule has 2 rings (SSSR count). The molecule has 17 heavy (non-hydrogen) atoms. The molecule has 2 fully saturated rings. The fourth-order valence-electron chi connectivity index (χ4n) is 2.54. The first-order valence-electron chi connectivity index (χ1n) is 6.61. The molecule has 0 aromatic rings. The summed E-state index contributed by atoms with van der Waals surface area (Å²) in [6, 6.07) is 2.54. The molecule has 96 valence electrons. The maximum Gasteiger partial charge on any atom is 0.118 e. The number of nitriles is 1. The van der Waals surface area contributed by atoms with Crippen LogP contribution in [0.2, 0.25) is 0 Å². The summed E-state index contributed by atoms with van der Waals surface area (Å²) in [6.45, 7) is 5.98. The Morgan fingerprint density at radius 3 is 2.71 bits per heavy atom. The predicted molar refractivity (Wildman–Crippen MR) is 71.0 cm³/mol. The largest absolute Gasteiger partial charge is 0.377 e. The summed E-state index contributed by atoms with van der Waals surface area (Å²) in [4.78, 5) is 0. The number of ether oxygens (including phenoxy) is 1. The Hall–Kier alpha value is -0.240. The molecule has 4 heteroatoms. The van der Waals surface area contributed by atoms with Crippen molar-refractivity contribution < 1.29 is 4.74 Å². The van der Waals surface area contributed by atoms with Gasteiger partial charge in [0.15, 0.2) is 0 Å². The second-order valence-electron chi connectivity index (χ2n) is 5.10. The second kappa shape index (κ2) is 5.60. The van der Waals surface area contributed by atoms with Crippen molar-refractivity contribution in [3.05, 3.63) is 0 Å². The number of rotatable bonds is 6. The van der Waals surface area contributed by atoms with Crippen molar-refractivity contribution in [2.75, 3.05) is 18.9 Å². The van der Waals surface area contributed by atoms with Crippen molar-refractivity contribution >= 4 is 11.8 Å². The fraction of sp³-hybridized carbons (Fsp3) is 0.923. The van der Waals surface area contributed by atoms with Gasteiger partial charge in [-0.2, -0.15) is 17.0 Å². The predicted octanol–water partition coefficient (Wildman–Crippen LogP) is 2.18. The number of thioether (sulfide) groups is 1. The smallest absolute Gasteiger partial charge is 0.118 e. The Morgan fingerprint density at radius 2 is 2.24 bits per heavy atom. The molecule has 1 aliphatic carbocycles. The molecule has 3 atom stereocenters. The minimum Gasteiger partial charge on any atom is -0.377 e. The van der Waals surface area contributed by atoms with Crippen LogP contribution in [0.3, 0.4) is 0 Å². The highest BCUT2D eigenvalue weighted by Gasteiger charge is 2.45. The van der Waals surface area contributed by atoms with E-state index in [0.29, 0.717) is 17.3 Å². The Kier molecular flexibility index (Phi) is 4.35. The van der Waals surface area contributed by atoms with Gasteiger partial charge in [-0.1, -0.05) is 6.92 Å². The maximum atomic E-state index is 9.50. The Labute approximate surface area is 108 Å². The van der Waals surface area contributed by atoms with E-state index in [9.17, 15) is 5.26 Å². The zero-order valence-electron chi connectivity index (χ0n) is 10.7.